The number of para-hydroxylation sites is 1. The van der Waals surface area contributed by atoms with E-state index < -0.39 is 5.60 Å². The molecular formula is C18H27N3O3. The number of nitrogens with one attached hydrogen (secondary N) is 2. The monoisotopic (exact) mass is 333 g/mol. The maximum absolute atomic E-state index is 12.7. The average molecular weight is 333 g/mol. The normalized spacial score (nSPS) is 23.4. The molecule has 24 heavy (non-hydrogen) atoms. The van der Waals surface area contributed by atoms with Gasteiger partial charge < -0.3 is 25.0 Å². The number of fused-ring (bicyclic) bond motifs is 1. The maximum atomic E-state index is 12.7. The Morgan fingerprint density at radius 2 is 2.25 bits per heavy atom. The fraction of sp³-hybridized carbons (Fsp3) is 0.611. The summed E-state index contributed by atoms with van der Waals surface area (Å²) in [5, 5.41) is 6.34. The van der Waals surface area contributed by atoms with Crippen LogP contribution in [-0.4, -0.2) is 55.4 Å². The highest BCUT2D eigenvalue weighted by Crippen LogP contribution is 2.29. The van der Waals surface area contributed by atoms with Crippen LogP contribution in [0.25, 0.3) is 0 Å². The summed E-state index contributed by atoms with van der Waals surface area (Å²) in [6, 6.07) is 7.83. The Balaban J connectivity index is 1.63. The molecule has 1 atom stereocenters. The number of benzene rings is 1. The van der Waals surface area contributed by atoms with E-state index in [1.54, 1.807) is 0 Å². The molecule has 2 heterocycles. The van der Waals surface area contributed by atoms with Gasteiger partial charge in [0, 0.05) is 25.3 Å². The summed E-state index contributed by atoms with van der Waals surface area (Å²) >= 11 is 0. The molecule has 1 aromatic carbocycles. The minimum Gasteiger partial charge on any atom is -0.486 e. The summed E-state index contributed by atoms with van der Waals surface area (Å²) in [5.74, 6) is 0.856. The first-order valence-corrected chi connectivity index (χ1v) is 8.65. The van der Waals surface area contributed by atoms with Gasteiger partial charge in [0.1, 0.15) is 11.4 Å². The van der Waals surface area contributed by atoms with E-state index in [1.807, 2.05) is 43.0 Å². The number of nitrogens with zero attached hydrogens (tertiary/aromatic N) is 1. The fourth-order valence-corrected chi connectivity index (χ4v) is 3.14. The Kier molecular flexibility index (Phi) is 5.26. The predicted octanol–water partition coefficient (Wildman–Crippen LogP) is 1.75. The third-order valence-corrected chi connectivity index (χ3v) is 4.28. The Morgan fingerprint density at radius 1 is 1.42 bits per heavy atom. The van der Waals surface area contributed by atoms with Crippen LogP contribution in [0.15, 0.2) is 24.3 Å². The van der Waals surface area contributed by atoms with E-state index >= 15 is 0 Å². The number of carbonyl (C=O) groups excluding carboxylic acids is 1. The molecule has 3 rings (SSSR count). The van der Waals surface area contributed by atoms with Crippen molar-refractivity contribution in [2.75, 3.05) is 32.8 Å². The number of hydrogen-bond donors (Lipinski definition) is 2. The summed E-state index contributed by atoms with van der Waals surface area (Å²) in [6.45, 7) is 8.11. The Labute approximate surface area is 143 Å². The van der Waals surface area contributed by atoms with E-state index in [1.165, 1.54) is 0 Å². The zero-order chi connectivity index (χ0) is 17.0. The molecule has 132 valence electrons. The molecule has 0 spiro atoms. The molecule has 0 radical (unpaired) electrons. The lowest BCUT2D eigenvalue weighted by Crippen LogP contribution is -2.49. The van der Waals surface area contributed by atoms with Crippen LogP contribution < -0.4 is 15.4 Å². The second-order valence-corrected chi connectivity index (χ2v) is 7.06. The first-order valence-electron chi connectivity index (χ1n) is 8.65. The zero-order valence-corrected chi connectivity index (χ0v) is 14.5. The molecular weight excluding hydrogens is 306 g/mol. The fourth-order valence-electron chi connectivity index (χ4n) is 3.14. The van der Waals surface area contributed by atoms with Crippen LogP contribution in [0.3, 0.4) is 0 Å². The van der Waals surface area contributed by atoms with Gasteiger partial charge in [0.15, 0.2) is 0 Å². The number of hydrogen-bond acceptors (Lipinski definition) is 4. The molecule has 2 amide bonds. The number of amides is 2. The minimum atomic E-state index is -0.426. The SMILES string of the molecule is CC1(C)CN(C(=O)NCC2CNCCCO2)Cc2ccccc2O1. The minimum absolute atomic E-state index is 0.0278. The van der Waals surface area contributed by atoms with Crippen LogP contribution >= 0.6 is 0 Å². The second-order valence-electron chi connectivity index (χ2n) is 7.06. The molecule has 6 nitrogen and oxygen atoms in total. The standard InChI is InChI=1S/C18H27N3O3/c1-18(2)13-21(12-14-6-3-4-7-16(14)24-18)17(22)20-11-15-10-19-8-5-9-23-15/h3-4,6-7,15,19H,5,8-13H2,1-2H3,(H,20,22). The van der Waals surface area contributed by atoms with Crippen molar-refractivity contribution in [3.63, 3.8) is 0 Å². The van der Waals surface area contributed by atoms with Gasteiger partial charge in [0.2, 0.25) is 0 Å². The number of urea groups is 1. The quantitative estimate of drug-likeness (QED) is 0.865. The summed E-state index contributed by atoms with van der Waals surface area (Å²) in [4.78, 5) is 14.5. The van der Waals surface area contributed by atoms with E-state index in [9.17, 15) is 4.79 Å². The van der Waals surface area contributed by atoms with E-state index in [0.717, 1.165) is 37.4 Å². The van der Waals surface area contributed by atoms with Crippen LogP contribution in [0.5, 0.6) is 5.75 Å². The Hall–Kier alpha value is -1.79. The molecule has 1 aromatic rings. The molecule has 1 saturated heterocycles. The van der Waals surface area contributed by atoms with Gasteiger partial charge in [0.05, 0.1) is 19.2 Å². The van der Waals surface area contributed by atoms with Gasteiger partial charge in [-0.05, 0) is 32.9 Å². The average Bonchev–Trinajstić information content (AvgIpc) is 2.88. The topological polar surface area (TPSA) is 62.8 Å². The number of ether oxygens (including phenoxy) is 2. The van der Waals surface area contributed by atoms with Gasteiger partial charge in [-0.3, -0.25) is 0 Å². The highest BCUT2D eigenvalue weighted by atomic mass is 16.5. The van der Waals surface area contributed by atoms with Gasteiger partial charge in [-0.1, -0.05) is 18.2 Å². The van der Waals surface area contributed by atoms with Crippen LogP contribution in [-0.2, 0) is 11.3 Å². The maximum Gasteiger partial charge on any atom is 0.317 e. The Morgan fingerprint density at radius 3 is 3.12 bits per heavy atom. The van der Waals surface area contributed by atoms with Crippen molar-refractivity contribution < 1.29 is 14.3 Å². The first kappa shape index (κ1) is 17.0. The molecule has 2 N–H and O–H groups in total. The van der Waals surface area contributed by atoms with Crippen molar-refractivity contribution in [3.05, 3.63) is 29.8 Å². The number of carbonyl (C=O) groups is 1. The third-order valence-electron chi connectivity index (χ3n) is 4.28. The van der Waals surface area contributed by atoms with Crippen LogP contribution in [0.2, 0.25) is 0 Å². The summed E-state index contributed by atoms with van der Waals surface area (Å²) in [6.07, 6.45) is 1.04. The molecule has 2 aliphatic heterocycles. The highest BCUT2D eigenvalue weighted by molar-refractivity contribution is 5.74. The summed E-state index contributed by atoms with van der Waals surface area (Å²) < 4.78 is 11.8. The van der Waals surface area contributed by atoms with Crippen molar-refractivity contribution in [3.8, 4) is 5.75 Å². The van der Waals surface area contributed by atoms with Crippen molar-refractivity contribution in [1.29, 1.82) is 0 Å². The largest absolute Gasteiger partial charge is 0.486 e. The predicted molar refractivity (Wildman–Crippen MR) is 92.2 cm³/mol. The number of rotatable bonds is 2. The smallest absolute Gasteiger partial charge is 0.317 e. The van der Waals surface area contributed by atoms with Gasteiger partial charge >= 0.3 is 6.03 Å². The third kappa shape index (κ3) is 4.39. The lowest BCUT2D eigenvalue weighted by molar-refractivity contribution is 0.0628. The van der Waals surface area contributed by atoms with Crippen LogP contribution in [0.4, 0.5) is 4.79 Å². The van der Waals surface area contributed by atoms with E-state index in [4.69, 9.17) is 9.47 Å². The van der Waals surface area contributed by atoms with Gasteiger partial charge in [-0.15, -0.1) is 0 Å². The van der Waals surface area contributed by atoms with Crippen LogP contribution in [0.1, 0.15) is 25.8 Å². The summed E-state index contributed by atoms with van der Waals surface area (Å²) in [7, 11) is 0. The van der Waals surface area contributed by atoms with Gasteiger partial charge in [-0.25, -0.2) is 4.79 Å². The lowest BCUT2D eigenvalue weighted by atomic mass is 10.1. The molecule has 1 unspecified atom stereocenters. The van der Waals surface area contributed by atoms with Gasteiger partial charge in [0.25, 0.3) is 0 Å². The second kappa shape index (κ2) is 7.40. The first-order chi connectivity index (χ1) is 11.5. The van der Waals surface area contributed by atoms with Crippen LogP contribution in [0, 0.1) is 0 Å². The van der Waals surface area contributed by atoms with E-state index in [2.05, 4.69) is 10.6 Å². The van der Waals surface area contributed by atoms with Crippen molar-refractivity contribution >= 4 is 6.03 Å². The lowest BCUT2D eigenvalue weighted by Gasteiger charge is -2.30. The highest BCUT2D eigenvalue weighted by Gasteiger charge is 2.31. The van der Waals surface area contributed by atoms with E-state index in [0.29, 0.717) is 19.6 Å². The molecule has 0 saturated carbocycles. The zero-order valence-electron chi connectivity index (χ0n) is 14.5. The van der Waals surface area contributed by atoms with Gasteiger partial charge in [-0.2, -0.15) is 0 Å². The molecule has 0 aliphatic carbocycles. The molecule has 0 bridgehead atoms. The molecule has 2 aliphatic rings. The summed E-state index contributed by atoms with van der Waals surface area (Å²) in [5.41, 5.74) is 0.607. The molecule has 6 heteroatoms. The van der Waals surface area contributed by atoms with Crippen molar-refractivity contribution in [2.45, 2.75) is 38.5 Å². The Bertz CT molecular complexity index is 568. The molecule has 0 aromatic heterocycles. The van der Waals surface area contributed by atoms with Crippen molar-refractivity contribution in [2.24, 2.45) is 0 Å². The molecule has 1 fully saturated rings. The van der Waals surface area contributed by atoms with Crippen molar-refractivity contribution in [1.82, 2.24) is 15.5 Å². The van der Waals surface area contributed by atoms with E-state index in [-0.39, 0.29) is 12.1 Å².